The van der Waals surface area contributed by atoms with E-state index in [1.165, 1.54) is 0 Å². The van der Waals surface area contributed by atoms with Crippen LogP contribution in [0.5, 0.6) is 0 Å². The maximum absolute atomic E-state index is 6.41. The molecule has 23 heavy (non-hydrogen) atoms. The maximum Gasteiger partial charge on any atom is 0.137 e. The average molecular weight is 318 g/mol. The van der Waals surface area contributed by atoms with Crippen LogP contribution in [0.25, 0.3) is 0 Å². The number of rotatable bonds is 4. The van der Waals surface area contributed by atoms with Gasteiger partial charge in [-0.25, -0.2) is 4.98 Å². The standard InChI is InChI=1S/C16H22N4O3/c1-2-14(22-6-1)8-19-5-7-21-11-16(10-19)4-3-15(23-16)9-20-13-17-12-18-20/h1-2,6,12-13,15H,3-5,7-11H2/t15-,16+/m0/s1. The Kier molecular flexibility index (Phi) is 4.15. The van der Waals surface area contributed by atoms with E-state index in [4.69, 9.17) is 13.9 Å². The fourth-order valence-electron chi connectivity index (χ4n) is 3.52. The lowest BCUT2D eigenvalue weighted by Crippen LogP contribution is -2.44. The van der Waals surface area contributed by atoms with Crippen molar-refractivity contribution >= 4 is 0 Å². The van der Waals surface area contributed by atoms with E-state index in [9.17, 15) is 0 Å². The third-order valence-electron chi connectivity index (χ3n) is 4.58. The predicted octanol–water partition coefficient (Wildman–Crippen LogP) is 1.32. The molecule has 0 unspecified atom stereocenters. The van der Waals surface area contributed by atoms with Crippen LogP contribution >= 0.6 is 0 Å². The number of hydrogen-bond donors (Lipinski definition) is 0. The van der Waals surface area contributed by atoms with Crippen molar-refractivity contribution in [2.75, 3.05) is 26.3 Å². The molecule has 1 spiro atoms. The van der Waals surface area contributed by atoms with Gasteiger partial charge < -0.3 is 13.9 Å². The first-order chi connectivity index (χ1) is 11.3. The topological polar surface area (TPSA) is 65.6 Å². The summed E-state index contributed by atoms with van der Waals surface area (Å²) in [6.07, 6.45) is 7.23. The van der Waals surface area contributed by atoms with Crippen molar-refractivity contribution in [2.24, 2.45) is 0 Å². The molecule has 2 aliphatic heterocycles. The minimum atomic E-state index is -0.214. The van der Waals surface area contributed by atoms with Crippen LogP contribution in [-0.4, -0.2) is 57.7 Å². The molecular formula is C16H22N4O3. The van der Waals surface area contributed by atoms with Gasteiger partial charge in [0.15, 0.2) is 0 Å². The monoisotopic (exact) mass is 318 g/mol. The van der Waals surface area contributed by atoms with Gasteiger partial charge in [-0.3, -0.25) is 9.58 Å². The van der Waals surface area contributed by atoms with Crippen LogP contribution in [0.1, 0.15) is 18.6 Å². The summed E-state index contributed by atoms with van der Waals surface area (Å²) < 4.78 is 19.6. The van der Waals surface area contributed by atoms with Crippen LogP contribution in [0.3, 0.4) is 0 Å². The fraction of sp³-hybridized carbons (Fsp3) is 0.625. The molecule has 124 valence electrons. The summed E-state index contributed by atoms with van der Waals surface area (Å²) in [5, 5.41) is 4.17. The van der Waals surface area contributed by atoms with Gasteiger partial charge in [0.2, 0.25) is 0 Å². The number of ether oxygens (including phenoxy) is 2. The van der Waals surface area contributed by atoms with Crippen LogP contribution in [0.4, 0.5) is 0 Å². The van der Waals surface area contributed by atoms with Crippen molar-refractivity contribution in [3.05, 3.63) is 36.8 Å². The number of nitrogens with zero attached hydrogens (tertiary/aromatic N) is 4. The summed E-state index contributed by atoms with van der Waals surface area (Å²) in [5.41, 5.74) is -0.214. The molecule has 4 heterocycles. The van der Waals surface area contributed by atoms with Crippen molar-refractivity contribution in [1.29, 1.82) is 0 Å². The molecule has 0 aromatic carbocycles. The molecule has 0 bridgehead atoms. The van der Waals surface area contributed by atoms with Crippen LogP contribution in [0.2, 0.25) is 0 Å². The zero-order valence-corrected chi connectivity index (χ0v) is 13.1. The quantitative estimate of drug-likeness (QED) is 0.847. The van der Waals surface area contributed by atoms with Crippen LogP contribution in [0.15, 0.2) is 35.5 Å². The summed E-state index contributed by atoms with van der Waals surface area (Å²) in [6, 6.07) is 3.95. The van der Waals surface area contributed by atoms with Crippen LogP contribution < -0.4 is 0 Å². The van der Waals surface area contributed by atoms with Gasteiger partial charge in [0.05, 0.1) is 38.7 Å². The smallest absolute Gasteiger partial charge is 0.137 e. The first-order valence-electron chi connectivity index (χ1n) is 8.14. The maximum atomic E-state index is 6.41. The molecular weight excluding hydrogens is 296 g/mol. The van der Waals surface area contributed by atoms with E-state index in [-0.39, 0.29) is 11.7 Å². The number of aromatic nitrogens is 3. The Morgan fingerprint density at radius 2 is 2.39 bits per heavy atom. The Balaban J connectivity index is 1.40. The minimum absolute atomic E-state index is 0.170. The molecule has 2 aliphatic rings. The van der Waals surface area contributed by atoms with E-state index < -0.39 is 0 Å². The van der Waals surface area contributed by atoms with E-state index in [1.54, 1.807) is 18.9 Å². The zero-order valence-electron chi connectivity index (χ0n) is 13.1. The second-order valence-corrected chi connectivity index (χ2v) is 6.42. The first-order valence-corrected chi connectivity index (χ1v) is 8.14. The molecule has 2 atom stereocenters. The molecule has 0 N–H and O–H groups in total. The van der Waals surface area contributed by atoms with Gasteiger partial charge in [-0.15, -0.1) is 0 Å². The van der Waals surface area contributed by atoms with E-state index in [2.05, 4.69) is 15.0 Å². The highest BCUT2D eigenvalue weighted by molar-refractivity contribution is 5.00. The first kappa shape index (κ1) is 14.9. The van der Waals surface area contributed by atoms with Gasteiger partial charge >= 0.3 is 0 Å². The van der Waals surface area contributed by atoms with Gasteiger partial charge in [0.25, 0.3) is 0 Å². The van der Waals surface area contributed by atoms with Crippen LogP contribution in [0, 0.1) is 0 Å². The highest BCUT2D eigenvalue weighted by atomic mass is 16.6. The Morgan fingerprint density at radius 1 is 1.39 bits per heavy atom. The molecule has 2 aromatic rings. The molecule has 7 nitrogen and oxygen atoms in total. The lowest BCUT2D eigenvalue weighted by atomic mass is 10.00. The molecule has 7 heteroatoms. The van der Waals surface area contributed by atoms with Crippen LogP contribution in [-0.2, 0) is 22.6 Å². The van der Waals surface area contributed by atoms with E-state index in [0.29, 0.717) is 6.61 Å². The second kappa shape index (κ2) is 6.43. The summed E-state index contributed by atoms with van der Waals surface area (Å²) in [5.74, 6) is 0.985. The molecule has 0 amide bonds. The SMILES string of the molecule is c1coc(CN2CCOC[C@@]3(CC[C@@H](Cn4cncn4)O3)C2)c1. The molecule has 4 rings (SSSR count). The van der Waals surface area contributed by atoms with Crippen molar-refractivity contribution < 1.29 is 13.9 Å². The molecule has 0 saturated carbocycles. The highest BCUT2D eigenvalue weighted by Gasteiger charge is 2.43. The molecule has 0 aliphatic carbocycles. The Morgan fingerprint density at radius 3 is 3.22 bits per heavy atom. The third kappa shape index (κ3) is 3.46. The molecule has 2 saturated heterocycles. The Hall–Kier alpha value is -1.70. The normalized spacial score (nSPS) is 29.1. The average Bonchev–Trinajstić information content (AvgIpc) is 3.25. The Bertz CT molecular complexity index is 601. The summed E-state index contributed by atoms with van der Waals surface area (Å²) >= 11 is 0. The summed E-state index contributed by atoms with van der Waals surface area (Å²) in [7, 11) is 0. The van der Waals surface area contributed by atoms with E-state index in [0.717, 1.165) is 51.4 Å². The molecule has 2 aromatic heterocycles. The fourth-order valence-corrected chi connectivity index (χ4v) is 3.52. The van der Waals surface area contributed by atoms with Crippen molar-refractivity contribution in [2.45, 2.75) is 37.6 Å². The van der Waals surface area contributed by atoms with Gasteiger partial charge in [0.1, 0.15) is 24.0 Å². The van der Waals surface area contributed by atoms with Crippen molar-refractivity contribution in [3.8, 4) is 0 Å². The van der Waals surface area contributed by atoms with Crippen molar-refractivity contribution in [1.82, 2.24) is 19.7 Å². The third-order valence-corrected chi connectivity index (χ3v) is 4.58. The molecule has 0 radical (unpaired) electrons. The Labute approximate surface area is 135 Å². The van der Waals surface area contributed by atoms with Gasteiger partial charge in [-0.1, -0.05) is 0 Å². The largest absolute Gasteiger partial charge is 0.468 e. The van der Waals surface area contributed by atoms with Gasteiger partial charge in [-0.05, 0) is 25.0 Å². The van der Waals surface area contributed by atoms with Crippen molar-refractivity contribution in [3.63, 3.8) is 0 Å². The molecule has 2 fully saturated rings. The summed E-state index contributed by atoms with van der Waals surface area (Å²) in [6.45, 7) is 4.73. The predicted molar refractivity (Wildman–Crippen MR) is 81.7 cm³/mol. The minimum Gasteiger partial charge on any atom is -0.468 e. The van der Waals surface area contributed by atoms with E-state index >= 15 is 0 Å². The lowest BCUT2D eigenvalue weighted by Gasteiger charge is -2.31. The zero-order chi connectivity index (χ0) is 15.5. The number of furan rings is 1. The lowest BCUT2D eigenvalue weighted by molar-refractivity contribution is -0.0907. The second-order valence-electron chi connectivity index (χ2n) is 6.42. The highest BCUT2D eigenvalue weighted by Crippen LogP contribution is 2.34. The number of hydrogen-bond acceptors (Lipinski definition) is 6. The van der Waals surface area contributed by atoms with Gasteiger partial charge in [-0.2, -0.15) is 5.10 Å². The summed E-state index contributed by atoms with van der Waals surface area (Å²) in [4.78, 5) is 6.35. The van der Waals surface area contributed by atoms with Gasteiger partial charge in [0, 0.05) is 13.1 Å². The van der Waals surface area contributed by atoms with E-state index in [1.807, 2.05) is 16.8 Å².